The van der Waals surface area contributed by atoms with Crippen LogP contribution in [0, 0.1) is 17.8 Å². The molecule has 0 heterocycles. The fourth-order valence-electron chi connectivity index (χ4n) is 4.40. The maximum absolute atomic E-state index is 5.67. The lowest BCUT2D eigenvalue weighted by atomic mass is 9.83. The molecular weight excluding hydrogens is 226 g/mol. The third-order valence-corrected chi connectivity index (χ3v) is 5.43. The van der Waals surface area contributed by atoms with Crippen molar-refractivity contribution in [1.82, 2.24) is 5.32 Å². The summed E-state index contributed by atoms with van der Waals surface area (Å²) in [6.45, 7) is 4.05. The highest BCUT2D eigenvalue weighted by atomic mass is 16.5. The zero-order chi connectivity index (χ0) is 12.5. The second-order valence-corrected chi connectivity index (χ2v) is 6.38. The lowest BCUT2D eigenvalue weighted by molar-refractivity contribution is -0.131. The predicted molar refractivity (Wildman–Crippen MR) is 71.6 cm³/mol. The number of hydrogen-bond acceptors (Lipinski definition) is 3. The van der Waals surface area contributed by atoms with Gasteiger partial charge in [-0.1, -0.05) is 6.42 Å². The minimum absolute atomic E-state index is 0.267. The van der Waals surface area contributed by atoms with Gasteiger partial charge >= 0.3 is 0 Å². The first-order valence-electron chi connectivity index (χ1n) is 7.69. The van der Waals surface area contributed by atoms with E-state index in [0.29, 0.717) is 12.1 Å². The second kappa shape index (κ2) is 5.48. The van der Waals surface area contributed by atoms with Crippen molar-refractivity contribution in [2.75, 3.05) is 20.3 Å². The van der Waals surface area contributed by atoms with Crippen LogP contribution in [0.25, 0.3) is 0 Å². The van der Waals surface area contributed by atoms with Crippen LogP contribution >= 0.6 is 0 Å². The highest BCUT2D eigenvalue weighted by Gasteiger charge is 2.44. The molecule has 3 saturated carbocycles. The van der Waals surface area contributed by atoms with Crippen LogP contribution in [0.15, 0.2) is 0 Å². The Bertz CT molecular complexity index is 284. The zero-order valence-electron chi connectivity index (χ0n) is 11.7. The van der Waals surface area contributed by atoms with Crippen molar-refractivity contribution in [3.8, 4) is 0 Å². The van der Waals surface area contributed by atoms with Gasteiger partial charge in [-0.15, -0.1) is 0 Å². The summed E-state index contributed by atoms with van der Waals surface area (Å²) in [7, 11) is 1.81. The van der Waals surface area contributed by atoms with Crippen LogP contribution in [0.5, 0.6) is 0 Å². The lowest BCUT2D eigenvalue weighted by Crippen LogP contribution is -2.60. The van der Waals surface area contributed by atoms with Gasteiger partial charge in [0.1, 0.15) is 0 Å². The summed E-state index contributed by atoms with van der Waals surface area (Å²) in [5.41, 5.74) is 0. The second-order valence-electron chi connectivity index (χ2n) is 6.38. The number of nitrogens with one attached hydrogen (secondary N) is 1. The Morgan fingerprint density at radius 1 is 1.17 bits per heavy atom. The van der Waals surface area contributed by atoms with Gasteiger partial charge < -0.3 is 14.8 Å². The Labute approximate surface area is 111 Å². The topological polar surface area (TPSA) is 30.5 Å². The molecule has 0 amide bonds. The molecule has 0 aromatic carbocycles. The SMILES string of the molecule is CCOC1CC(NCC2CC3CCC2C3)C1OC. The third-order valence-electron chi connectivity index (χ3n) is 5.43. The number of methoxy groups -OCH3 is 1. The van der Waals surface area contributed by atoms with Gasteiger partial charge in [-0.05, 0) is 56.9 Å². The lowest BCUT2D eigenvalue weighted by Gasteiger charge is -2.44. The molecule has 104 valence electrons. The van der Waals surface area contributed by atoms with Crippen LogP contribution in [-0.4, -0.2) is 38.5 Å². The Morgan fingerprint density at radius 3 is 2.67 bits per heavy atom. The molecule has 0 spiro atoms. The quantitative estimate of drug-likeness (QED) is 0.787. The first-order chi connectivity index (χ1) is 8.81. The summed E-state index contributed by atoms with van der Waals surface area (Å²) in [5.74, 6) is 3.01. The molecule has 3 aliphatic carbocycles. The molecule has 2 bridgehead atoms. The van der Waals surface area contributed by atoms with Gasteiger partial charge in [0.05, 0.1) is 12.2 Å². The van der Waals surface area contributed by atoms with Crippen molar-refractivity contribution in [3.05, 3.63) is 0 Å². The van der Waals surface area contributed by atoms with E-state index in [1.54, 1.807) is 0 Å². The molecule has 3 aliphatic rings. The zero-order valence-corrected chi connectivity index (χ0v) is 11.7. The molecule has 1 N–H and O–H groups in total. The van der Waals surface area contributed by atoms with E-state index in [0.717, 1.165) is 30.8 Å². The Kier molecular flexibility index (Phi) is 3.92. The summed E-state index contributed by atoms with van der Waals surface area (Å²) in [6, 6.07) is 0.519. The summed E-state index contributed by atoms with van der Waals surface area (Å²) >= 11 is 0. The van der Waals surface area contributed by atoms with E-state index >= 15 is 0 Å². The van der Waals surface area contributed by atoms with Gasteiger partial charge in [-0.25, -0.2) is 0 Å². The van der Waals surface area contributed by atoms with Crippen molar-refractivity contribution in [1.29, 1.82) is 0 Å². The van der Waals surface area contributed by atoms with Crippen LogP contribution in [0.4, 0.5) is 0 Å². The van der Waals surface area contributed by atoms with Crippen molar-refractivity contribution in [2.45, 2.75) is 57.3 Å². The first-order valence-corrected chi connectivity index (χ1v) is 7.69. The van der Waals surface area contributed by atoms with Gasteiger partial charge in [0.2, 0.25) is 0 Å². The molecule has 3 heteroatoms. The summed E-state index contributed by atoms with van der Waals surface area (Å²) < 4.78 is 11.2. The molecule has 0 saturated heterocycles. The normalized spacial score (nSPS) is 46.3. The van der Waals surface area contributed by atoms with Gasteiger partial charge in [0.15, 0.2) is 0 Å². The molecule has 3 nitrogen and oxygen atoms in total. The monoisotopic (exact) mass is 253 g/mol. The van der Waals surface area contributed by atoms with Crippen LogP contribution in [-0.2, 0) is 9.47 Å². The van der Waals surface area contributed by atoms with Crippen molar-refractivity contribution in [2.24, 2.45) is 17.8 Å². The summed E-state index contributed by atoms with van der Waals surface area (Å²) in [6.07, 6.45) is 7.66. The van der Waals surface area contributed by atoms with Gasteiger partial charge in [-0.2, -0.15) is 0 Å². The number of hydrogen-bond donors (Lipinski definition) is 1. The molecule has 0 radical (unpaired) electrons. The van der Waals surface area contributed by atoms with Crippen molar-refractivity contribution in [3.63, 3.8) is 0 Å². The first kappa shape index (κ1) is 12.9. The molecule has 0 aromatic rings. The number of rotatable bonds is 6. The van der Waals surface area contributed by atoms with Crippen molar-refractivity contribution >= 4 is 0 Å². The van der Waals surface area contributed by atoms with E-state index in [9.17, 15) is 0 Å². The molecule has 0 aliphatic heterocycles. The van der Waals surface area contributed by atoms with E-state index in [1.165, 1.54) is 32.2 Å². The summed E-state index contributed by atoms with van der Waals surface area (Å²) in [4.78, 5) is 0. The Morgan fingerprint density at radius 2 is 2.06 bits per heavy atom. The minimum atomic E-state index is 0.267. The molecular formula is C15H27NO2. The maximum atomic E-state index is 5.67. The van der Waals surface area contributed by atoms with Gasteiger partial charge in [0, 0.05) is 19.8 Å². The molecule has 3 fully saturated rings. The van der Waals surface area contributed by atoms with E-state index < -0.39 is 0 Å². The Hall–Kier alpha value is -0.120. The van der Waals surface area contributed by atoms with Gasteiger partial charge in [0.25, 0.3) is 0 Å². The number of fused-ring (bicyclic) bond motifs is 2. The third kappa shape index (κ3) is 2.33. The van der Waals surface area contributed by atoms with E-state index in [1.807, 2.05) is 7.11 Å². The van der Waals surface area contributed by atoms with E-state index in [-0.39, 0.29) is 6.10 Å². The average molecular weight is 253 g/mol. The smallest absolute Gasteiger partial charge is 0.0986 e. The molecule has 3 rings (SSSR count). The Balaban J connectivity index is 1.41. The molecule has 18 heavy (non-hydrogen) atoms. The van der Waals surface area contributed by atoms with Crippen LogP contribution < -0.4 is 5.32 Å². The minimum Gasteiger partial charge on any atom is -0.377 e. The van der Waals surface area contributed by atoms with E-state index in [2.05, 4.69) is 12.2 Å². The standard InChI is InChI=1S/C15H27NO2/c1-3-18-14-8-13(15(14)17-2)16-9-12-7-10-4-5-11(12)6-10/h10-16H,3-9H2,1-2H3. The highest BCUT2D eigenvalue weighted by molar-refractivity contribution is 4.98. The molecule has 6 atom stereocenters. The summed E-state index contributed by atoms with van der Waals surface area (Å²) in [5, 5.41) is 3.73. The maximum Gasteiger partial charge on any atom is 0.0986 e. The van der Waals surface area contributed by atoms with E-state index in [4.69, 9.17) is 9.47 Å². The van der Waals surface area contributed by atoms with Crippen LogP contribution in [0.1, 0.15) is 39.0 Å². The largest absolute Gasteiger partial charge is 0.377 e. The van der Waals surface area contributed by atoms with Crippen molar-refractivity contribution < 1.29 is 9.47 Å². The fourth-order valence-corrected chi connectivity index (χ4v) is 4.40. The predicted octanol–water partition coefficient (Wildman–Crippen LogP) is 2.20. The van der Waals surface area contributed by atoms with Crippen LogP contribution in [0.2, 0.25) is 0 Å². The molecule has 6 unspecified atom stereocenters. The van der Waals surface area contributed by atoms with Crippen LogP contribution in [0.3, 0.4) is 0 Å². The fraction of sp³-hybridized carbons (Fsp3) is 1.00. The number of ether oxygens (including phenoxy) is 2. The van der Waals surface area contributed by atoms with Gasteiger partial charge in [-0.3, -0.25) is 0 Å². The average Bonchev–Trinajstić information content (AvgIpc) is 2.95. The highest BCUT2D eigenvalue weighted by Crippen LogP contribution is 2.48. The molecule has 0 aromatic heterocycles.